The van der Waals surface area contributed by atoms with Crippen molar-refractivity contribution < 1.29 is 0 Å². The first-order valence-electron chi connectivity index (χ1n) is 13.4. The van der Waals surface area contributed by atoms with Gasteiger partial charge in [-0.05, 0) is 81.6 Å². The Hall–Kier alpha value is -2.69. The molecule has 1 aromatic heterocycles. The lowest BCUT2D eigenvalue weighted by molar-refractivity contribution is 0.123. The van der Waals surface area contributed by atoms with Crippen molar-refractivity contribution in [3.8, 4) is 6.07 Å². The summed E-state index contributed by atoms with van der Waals surface area (Å²) < 4.78 is 0. The van der Waals surface area contributed by atoms with Crippen molar-refractivity contribution in [2.45, 2.75) is 88.8 Å². The molecule has 7 nitrogen and oxygen atoms in total. The van der Waals surface area contributed by atoms with Crippen molar-refractivity contribution in [2.24, 2.45) is 5.73 Å². The maximum atomic E-state index is 9.61. The van der Waals surface area contributed by atoms with E-state index in [2.05, 4.69) is 64.3 Å². The van der Waals surface area contributed by atoms with Crippen LogP contribution in [0.25, 0.3) is 0 Å². The number of nitrogens with one attached hydrogen (secondary N) is 1. The summed E-state index contributed by atoms with van der Waals surface area (Å²) in [6.07, 6.45) is 11.7. The van der Waals surface area contributed by atoms with Crippen molar-refractivity contribution in [1.29, 1.82) is 5.26 Å². The van der Waals surface area contributed by atoms with Gasteiger partial charge in [-0.25, -0.2) is 9.97 Å². The lowest BCUT2D eigenvalue weighted by Crippen LogP contribution is -2.50. The van der Waals surface area contributed by atoms with Crippen LogP contribution in [0.5, 0.6) is 0 Å². The van der Waals surface area contributed by atoms with Gasteiger partial charge in [0.1, 0.15) is 11.9 Å². The Kier molecular flexibility index (Phi) is 6.95. The SMILES string of the molecule is C[C@@H]1[C@H](N)CCCN1c1cnc(C#N)c(Nc2ccc(C3(C)CCN(C4CCCC4)CC3)cc2)n1. The van der Waals surface area contributed by atoms with Gasteiger partial charge in [0.25, 0.3) is 0 Å². The van der Waals surface area contributed by atoms with E-state index in [9.17, 15) is 5.26 Å². The third-order valence-corrected chi connectivity index (χ3v) is 8.79. The van der Waals surface area contributed by atoms with E-state index in [-0.39, 0.29) is 17.5 Å². The molecule has 7 heteroatoms. The molecule has 3 N–H and O–H groups in total. The van der Waals surface area contributed by atoms with Crippen LogP contribution in [0.2, 0.25) is 0 Å². The van der Waals surface area contributed by atoms with Gasteiger partial charge < -0.3 is 20.9 Å². The van der Waals surface area contributed by atoms with Crippen LogP contribution < -0.4 is 16.0 Å². The quantitative estimate of drug-likeness (QED) is 0.650. The fourth-order valence-electron chi connectivity index (χ4n) is 6.22. The van der Waals surface area contributed by atoms with Crippen molar-refractivity contribution in [1.82, 2.24) is 14.9 Å². The molecule has 3 heterocycles. The van der Waals surface area contributed by atoms with E-state index in [1.165, 1.54) is 57.2 Å². The minimum atomic E-state index is 0.122. The largest absolute Gasteiger partial charge is 0.351 e. The van der Waals surface area contributed by atoms with Crippen molar-refractivity contribution in [3.05, 3.63) is 41.7 Å². The fraction of sp³-hybridized carbons (Fsp3) is 0.607. The molecule has 186 valence electrons. The number of hydrogen-bond donors (Lipinski definition) is 2. The summed E-state index contributed by atoms with van der Waals surface area (Å²) in [6.45, 7) is 7.85. The lowest BCUT2D eigenvalue weighted by Gasteiger charge is -2.42. The van der Waals surface area contributed by atoms with Crippen molar-refractivity contribution >= 4 is 17.3 Å². The van der Waals surface area contributed by atoms with Gasteiger partial charge in [-0.1, -0.05) is 31.9 Å². The highest BCUT2D eigenvalue weighted by Crippen LogP contribution is 2.38. The van der Waals surface area contributed by atoms with E-state index >= 15 is 0 Å². The second-order valence-electron chi connectivity index (χ2n) is 11.0. The van der Waals surface area contributed by atoms with Gasteiger partial charge in [-0.2, -0.15) is 5.26 Å². The molecule has 1 saturated carbocycles. The summed E-state index contributed by atoms with van der Waals surface area (Å²) >= 11 is 0. The molecule has 3 aliphatic rings. The van der Waals surface area contributed by atoms with E-state index in [4.69, 9.17) is 10.7 Å². The van der Waals surface area contributed by atoms with Gasteiger partial charge in [0.2, 0.25) is 0 Å². The van der Waals surface area contributed by atoms with Gasteiger partial charge in [0, 0.05) is 30.4 Å². The van der Waals surface area contributed by atoms with E-state index in [0.717, 1.165) is 36.9 Å². The van der Waals surface area contributed by atoms with Crippen LogP contribution in [-0.2, 0) is 5.41 Å². The van der Waals surface area contributed by atoms with Crippen LogP contribution in [0, 0.1) is 11.3 Å². The summed E-state index contributed by atoms with van der Waals surface area (Å²) in [4.78, 5) is 14.1. The third-order valence-electron chi connectivity index (χ3n) is 8.79. The highest BCUT2D eigenvalue weighted by atomic mass is 15.3. The molecule has 0 spiro atoms. The number of nitrogens with zero attached hydrogens (tertiary/aromatic N) is 5. The number of nitriles is 1. The van der Waals surface area contributed by atoms with E-state index in [0.29, 0.717) is 11.5 Å². The number of piperidine rings is 2. The number of aromatic nitrogens is 2. The highest BCUT2D eigenvalue weighted by molar-refractivity contribution is 5.63. The number of rotatable bonds is 5. The molecule has 2 atom stereocenters. The standard InChI is InChI=1S/C28H39N7/c1-20-24(30)8-5-15-35(20)26-19-31-25(18-29)27(33-26)32-22-11-9-21(10-12-22)28(2)13-16-34(17-14-28)23-6-3-4-7-23/h9-12,19-20,23-24H,3-8,13-17,30H2,1-2H3,(H,32,33)/t20-,24-/m1/s1. The summed E-state index contributed by atoms with van der Waals surface area (Å²) in [5.74, 6) is 1.27. The van der Waals surface area contributed by atoms with Crippen LogP contribution >= 0.6 is 0 Å². The van der Waals surface area contributed by atoms with Gasteiger partial charge in [-0.3, -0.25) is 0 Å². The summed E-state index contributed by atoms with van der Waals surface area (Å²) in [6, 6.07) is 12.0. The minimum Gasteiger partial charge on any atom is -0.351 e. The predicted molar refractivity (Wildman–Crippen MR) is 141 cm³/mol. The van der Waals surface area contributed by atoms with Gasteiger partial charge in [-0.15, -0.1) is 0 Å². The zero-order chi connectivity index (χ0) is 24.4. The third kappa shape index (κ3) is 5.00. The molecule has 0 amide bonds. The fourth-order valence-corrected chi connectivity index (χ4v) is 6.22. The number of hydrogen-bond acceptors (Lipinski definition) is 7. The molecule has 0 bridgehead atoms. The Morgan fingerprint density at radius 1 is 1.06 bits per heavy atom. The maximum absolute atomic E-state index is 9.61. The molecule has 1 aromatic carbocycles. The maximum Gasteiger partial charge on any atom is 0.183 e. The topological polar surface area (TPSA) is 94.1 Å². The van der Waals surface area contributed by atoms with Gasteiger partial charge in [0.05, 0.1) is 6.20 Å². The second kappa shape index (κ2) is 10.1. The average Bonchev–Trinajstić information content (AvgIpc) is 3.42. The molecule has 0 unspecified atom stereocenters. The molecule has 0 radical (unpaired) electrons. The predicted octanol–water partition coefficient (Wildman–Crippen LogP) is 4.70. The second-order valence-corrected chi connectivity index (χ2v) is 11.0. The number of nitrogens with two attached hydrogens (primary N) is 1. The van der Waals surface area contributed by atoms with Crippen LogP contribution in [0.3, 0.4) is 0 Å². The molecule has 2 saturated heterocycles. The summed E-state index contributed by atoms with van der Waals surface area (Å²) in [5, 5.41) is 13.0. The molecular formula is C28H39N7. The van der Waals surface area contributed by atoms with Gasteiger partial charge in [0.15, 0.2) is 11.5 Å². The molecule has 2 aromatic rings. The Balaban J connectivity index is 1.28. The van der Waals surface area contributed by atoms with Crippen molar-refractivity contribution in [2.75, 3.05) is 29.9 Å². The van der Waals surface area contributed by atoms with Crippen molar-refractivity contribution in [3.63, 3.8) is 0 Å². The monoisotopic (exact) mass is 473 g/mol. The first-order chi connectivity index (χ1) is 17.0. The van der Waals surface area contributed by atoms with E-state index in [1.807, 2.05) is 0 Å². The Labute approximate surface area is 209 Å². The molecule has 5 rings (SSSR count). The Morgan fingerprint density at radius 2 is 1.77 bits per heavy atom. The zero-order valence-electron chi connectivity index (χ0n) is 21.2. The number of benzene rings is 1. The Morgan fingerprint density at radius 3 is 2.46 bits per heavy atom. The molecule has 3 fully saturated rings. The highest BCUT2D eigenvalue weighted by Gasteiger charge is 2.34. The molecular weight excluding hydrogens is 434 g/mol. The molecule has 2 aliphatic heterocycles. The normalized spacial score (nSPS) is 25.4. The summed E-state index contributed by atoms with van der Waals surface area (Å²) in [7, 11) is 0. The first kappa shape index (κ1) is 24.0. The van der Waals surface area contributed by atoms with Crippen LogP contribution in [-0.4, -0.2) is 52.6 Å². The smallest absolute Gasteiger partial charge is 0.183 e. The van der Waals surface area contributed by atoms with Crippen LogP contribution in [0.1, 0.15) is 76.5 Å². The minimum absolute atomic E-state index is 0.122. The van der Waals surface area contributed by atoms with Gasteiger partial charge >= 0.3 is 0 Å². The zero-order valence-corrected chi connectivity index (χ0v) is 21.2. The number of anilines is 3. The van der Waals surface area contributed by atoms with Crippen LogP contribution in [0.15, 0.2) is 30.5 Å². The van der Waals surface area contributed by atoms with E-state index < -0.39 is 0 Å². The number of likely N-dealkylation sites (tertiary alicyclic amines) is 1. The molecule has 35 heavy (non-hydrogen) atoms. The first-order valence-corrected chi connectivity index (χ1v) is 13.4. The molecule has 1 aliphatic carbocycles. The lowest BCUT2D eigenvalue weighted by atomic mass is 9.74. The van der Waals surface area contributed by atoms with E-state index in [1.54, 1.807) is 6.20 Å². The summed E-state index contributed by atoms with van der Waals surface area (Å²) in [5.41, 5.74) is 9.13. The Bertz CT molecular complexity index is 1050. The average molecular weight is 474 g/mol. The van der Waals surface area contributed by atoms with Crippen LogP contribution in [0.4, 0.5) is 17.3 Å².